The molecule has 372 valence electrons. The van der Waals surface area contributed by atoms with Crippen LogP contribution in [0.25, 0.3) is 0 Å². The third-order valence-electron chi connectivity index (χ3n) is 17.0. The number of carbonyl (C=O) groups is 1. The summed E-state index contributed by atoms with van der Waals surface area (Å²) >= 11 is 0. The van der Waals surface area contributed by atoms with Crippen molar-refractivity contribution in [2.75, 3.05) is 19.8 Å². The Morgan fingerprint density at radius 3 is 2.11 bits per heavy atom. The molecule has 4 aliphatic carbocycles. The summed E-state index contributed by atoms with van der Waals surface area (Å²) in [6.45, 7) is 8.06. The average molecular weight is 931 g/mol. The van der Waals surface area contributed by atoms with Gasteiger partial charge in [0.15, 0.2) is 18.9 Å². The first-order valence-electron chi connectivity index (χ1n) is 23.5. The van der Waals surface area contributed by atoms with Crippen molar-refractivity contribution in [1.82, 2.24) is 0 Å². The molecule has 0 aromatic carbocycles. The lowest BCUT2D eigenvalue weighted by atomic mass is 9.51. The lowest BCUT2D eigenvalue weighted by Crippen LogP contribution is -2.63. The maximum atomic E-state index is 13.2. The molecular weight excluding hydrogens is 856 g/mol. The molecule has 0 aromatic heterocycles. The average Bonchev–Trinajstić information content (AvgIpc) is 3.62. The second-order valence-corrected chi connectivity index (χ2v) is 20.8. The molecular formula is C46H74O19. The van der Waals surface area contributed by atoms with E-state index in [1.165, 1.54) is 11.1 Å². The zero-order valence-corrected chi connectivity index (χ0v) is 38.0. The number of rotatable bonds is 15. The van der Waals surface area contributed by atoms with E-state index in [-0.39, 0.29) is 54.1 Å². The molecule has 23 atom stereocenters. The van der Waals surface area contributed by atoms with Crippen molar-refractivity contribution in [2.45, 2.75) is 196 Å². The van der Waals surface area contributed by atoms with Crippen molar-refractivity contribution in [1.29, 1.82) is 0 Å². The van der Waals surface area contributed by atoms with Gasteiger partial charge in [-0.2, -0.15) is 0 Å². The fourth-order valence-corrected chi connectivity index (χ4v) is 12.5. The van der Waals surface area contributed by atoms with E-state index in [1.54, 1.807) is 20.8 Å². The predicted molar refractivity (Wildman–Crippen MR) is 225 cm³/mol. The second kappa shape index (κ2) is 19.9. The summed E-state index contributed by atoms with van der Waals surface area (Å²) in [4.78, 5) is 13.2. The van der Waals surface area contributed by atoms with Gasteiger partial charge in [0.2, 0.25) is 0 Å². The minimum atomic E-state index is -1.66. The number of aliphatic hydroxyl groups excluding tert-OH is 10. The van der Waals surface area contributed by atoms with Gasteiger partial charge < -0.3 is 89.7 Å². The van der Waals surface area contributed by atoms with Crippen molar-refractivity contribution >= 4 is 5.97 Å². The van der Waals surface area contributed by atoms with Crippen LogP contribution >= 0.6 is 0 Å². The Kier molecular flexibility index (Phi) is 15.7. The first-order chi connectivity index (χ1) is 30.6. The summed E-state index contributed by atoms with van der Waals surface area (Å²) < 4.78 is 35.3. The normalized spacial score (nSPS) is 47.4. The molecule has 65 heavy (non-hydrogen) atoms. The van der Waals surface area contributed by atoms with Crippen LogP contribution in [0, 0.1) is 40.4 Å². The largest absolute Gasteiger partial charge is 0.481 e. The zero-order valence-electron chi connectivity index (χ0n) is 38.0. The van der Waals surface area contributed by atoms with E-state index in [1.807, 2.05) is 0 Å². The smallest absolute Gasteiger partial charge is 0.306 e. The lowest BCUT2D eigenvalue weighted by Gasteiger charge is -2.54. The van der Waals surface area contributed by atoms with Crippen LogP contribution < -0.4 is 0 Å². The Labute approximate surface area is 379 Å². The maximum Gasteiger partial charge on any atom is 0.306 e. The van der Waals surface area contributed by atoms with Crippen molar-refractivity contribution in [3.8, 4) is 0 Å². The SMILES string of the molecule is CC(C)C(O)(CCC(C(=O)O)C1CCC2C3=CCC4CC(OC5OC(CO)C(O)C(O)C5OC5OCC(O)C(O)C5O)CCC4(C)C3=CCC21C)C(C)OC1OC(CO)C(O)C(O)C1O. The molecule has 7 aliphatic rings. The summed E-state index contributed by atoms with van der Waals surface area (Å²) in [6, 6.07) is 0. The highest BCUT2D eigenvalue weighted by Crippen LogP contribution is 2.65. The molecule has 3 aliphatic heterocycles. The van der Waals surface area contributed by atoms with E-state index in [4.69, 9.17) is 28.4 Å². The Morgan fingerprint density at radius 2 is 1.46 bits per heavy atom. The third-order valence-corrected chi connectivity index (χ3v) is 17.0. The number of aliphatic carboxylic acids is 1. The zero-order chi connectivity index (χ0) is 47.5. The van der Waals surface area contributed by atoms with Crippen LogP contribution in [0.4, 0.5) is 0 Å². The standard InChI is InChI=1S/C46H74O19/c1-20(2)46(59,21(3)61-42-38(56)35(53)33(51)30(17-47)63-42)15-11-25(40(57)58)27-9-8-26-24-7-6-22-16-23(10-13-44(22,4)28(24)12-14-45(26,27)5)62-43-39(36(54)34(52)31(18-48)64-43)65-41-37(55)32(50)29(49)19-60-41/h7,12,20-23,25-27,29-39,41-43,47-56,59H,6,8-11,13-19H2,1-5H3,(H,57,58). The van der Waals surface area contributed by atoms with Crippen molar-refractivity contribution in [3.63, 3.8) is 0 Å². The highest BCUT2D eigenvalue weighted by atomic mass is 16.8. The van der Waals surface area contributed by atoms with Crippen LogP contribution in [0.3, 0.4) is 0 Å². The minimum absolute atomic E-state index is 0.0623. The van der Waals surface area contributed by atoms with Crippen LogP contribution in [0.5, 0.6) is 0 Å². The van der Waals surface area contributed by atoms with Crippen LogP contribution in [0.1, 0.15) is 92.4 Å². The molecule has 0 amide bonds. The predicted octanol–water partition coefficient (Wildman–Crippen LogP) is -0.793. The van der Waals surface area contributed by atoms with E-state index in [2.05, 4.69) is 26.0 Å². The van der Waals surface area contributed by atoms with Gasteiger partial charge in [-0.3, -0.25) is 4.79 Å². The molecule has 3 heterocycles. The number of hydrogen-bond donors (Lipinski definition) is 12. The molecule has 3 saturated heterocycles. The van der Waals surface area contributed by atoms with Gasteiger partial charge in [0.25, 0.3) is 0 Å². The molecule has 19 heteroatoms. The number of carboxylic acids is 1. The summed E-state index contributed by atoms with van der Waals surface area (Å²) in [5.74, 6) is -2.07. The van der Waals surface area contributed by atoms with E-state index in [0.29, 0.717) is 25.7 Å². The lowest BCUT2D eigenvalue weighted by molar-refractivity contribution is -0.363. The van der Waals surface area contributed by atoms with Gasteiger partial charge >= 0.3 is 5.97 Å². The summed E-state index contributed by atoms with van der Waals surface area (Å²) in [5.41, 5.74) is 0.372. The number of hydrogen-bond acceptors (Lipinski definition) is 18. The molecule has 23 unspecified atom stereocenters. The first kappa shape index (κ1) is 51.1. The van der Waals surface area contributed by atoms with E-state index in [0.717, 1.165) is 19.3 Å². The quantitative estimate of drug-likeness (QED) is 0.0957. The molecule has 0 bridgehead atoms. The molecule has 12 N–H and O–H groups in total. The first-order valence-corrected chi connectivity index (χ1v) is 23.5. The molecule has 0 radical (unpaired) electrons. The van der Waals surface area contributed by atoms with Crippen LogP contribution in [-0.2, 0) is 33.2 Å². The van der Waals surface area contributed by atoms with Crippen molar-refractivity contribution in [2.24, 2.45) is 40.4 Å². The highest BCUT2D eigenvalue weighted by molar-refractivity contribution is 5.70. The fraction of sp³-hybridized carbons (Fsp3) is 0.891. The number of fused-ring (bicyclic) bond motifs is 5. The Balaban J connectivity index is 1.02. The Morgan fingerprint density at radius 1 is 0.815 bits per heavy atom. The molecule has 0 aromatic rings. The highest BCUT2D eigenvalue weighted by Gasteiger charge is 2.58. The fourth-order valence-electron chi connectivity index (χ4n) is 12.5. The molecule has 0 spiro atoms. The third kappa shape index (κ3) is 9.38. The minimum Gasteiger partial charge on any atom is -0.481 e. The molecule has 7 rings (SSSR count). The summed E-state index contributed by atoms with van der Waals surface area (Å²) in [6.07, 6.45) is -12.3. The Hall–Kier alpha value is -1.73. The van der Waals surface area contributed by atoms with Gasteiger partial charge in [-0.15, -0.1) is 0 Å². The monoisotopic (exact) mass is 930 g/mol. The van der Waals surface area contributed by atoms with Gasteiger partial charge in [0.1, 0.15) is 67.1 Å². The van der Waals surface area contributed by atoms with Crippen LogP contribution in [0.2, 0.25) is 0 Å². The van der Waals surface area contributed by atoms with Gasteiger partial charge in [0.05, 0.1) is 43.5 Å². The van der Waals surface area contributed by atoms with Gasteiger partial charge in [-0.05, 0) is 110 Å². The van der Waals surface area contributed by atoms with E-state index in [9.17, 15) is 66.1 Å². The molecule has 5 fully saturated rings. The van der Waals surface area contributed by atoms with E-state index >= 15 is 0 Å². The summed E-state index contributed by atoms with van der Waals surface area (Å²) in [7, 11) is 0. The van der Waals surface area contributed by atoms with Crippen molar-refractivity contribution in [3.05, 3.63) is 23.3 Å². The van der Waals surface area contributed by atoms with Crippen LogP contribution in [-0.4, -0.2) is 191 Å². The molecule has 19 nitrogen and oxygen atoms in total. The van der Waals surface area contributed by atoms with Gasteiger partial charge in [0, 0.05) is 0 Å². The van der Waals surface area contributed by atoms with Gasteiger partial charge in [-0.25, -0.2) is 0 Å². The van der Waals surface area contributed by atoms with Crippen molar-refractivity contribution < 1.29 is 94.5 Å². The number of carboxylic acid groups (broad SMARTS) is 1. The number of ether oxygens (including phenoxy) is 6. The van der Waals surface area contributed by atoms with E-state index < -0.39 is 129 Å². The maximum absolute atomic E-state index is 13.2. The molecule has 2 saturated carbocycles. The number of allylic oxidation sites excluding steroid dienone is 4. The van der Waals surface area contributed by atoms with Gasteiger partial charge in [-0.1, -0.05) is 39.8 Å². The second-order valence-electron chi connectivity index (χ2n) is 20.8. The number of aliphatic hydroxyl groups is 11. The topological polar surface area (TPSA) is 315 Å². The van der Waals surface area contributed by atoms with Crippen LogP contribution in [0.15, 0.2) is 23.3 Å². The Bertz CT molecular complexity index is 1710. The summed E-state index contributed by atoms with van der Waals surface area (Å²) in [5, 5.41) is 126.